The minimum atomic E-state index is 0.0965. The number of hydrogen-bond acceptors (Lipinski definition) is 2. The number of aliphatic hydroxyl groups excluding tert-OH is 1. The fraction of sp³-hybridized carbons (Fsp3) is 0.933. The minimum absolute atomic E-state index is 0.0965. The van der Waals surface area contributed by atoms with Crippen molar-refractivity contribution in [3.8, 4) is 0 Å². The first-order chi connectivity index (χ1) is 8.79. The Hall–Kier alpha value is -0.570. The van der Waals surface area contributed by atoms with Gasteiger partial charge in [0.2, 0.25) is 5.91 Å². The van der Waals surface area contributed by atoms with Crippen LogP contribution in [0.25, 0.3) is 0 Å². The number of unbranched alkanes of at least 4 members (excludes halogenated alkanes) is 6. The van der Waals surface area contributed by atoms with Gasteiger partial charge in [-0.15, -0.1) is 0 Å². The van der Waals surface area contributed by atoms with Crippen LogP contribution in [0.4, 0.5) is 0 Å². The van der Waals surface area contributed by atoms with E-state index < -0.39 is 0 Å². The van der Waals surface area contributed by atoms with E-state index in [2.05, 4.69) is 6.92 Å². The zero-order valence-corrected chi connectivity index (χ0v) is 11.9. The zero-order chi connectivity index (χ0) is 13.2. The lowest BCUT2D eigenvalue weighted by atomic mass is 10.1. The van der Waals surface area contributed by atoms with E-state index in [1.807, 2.05) is 4.90 Å². The largest absolute Gasteiger partial charge is 0.395 e. The number of aliphatic hydroxyl groups is 1. The summed E-state index contributed by atoms with van der Waals surface area (Å²) >= 11 is 0. The summed E-state index contributed by atoms with van der Waals surface area (Å²) in [5.41, 5.74) is 0. The van der Waals surface area contributed by atoms with E-state index in [4.69, 9.17) is 5.11 Å². The van der Waals surface area contributed by atoms with Crippen molar-refractivity contribution >= 4 is 5.91 Å². The van der Waals surface area contributed by atoms with Crippen LogP contribution in [0.1, 0.15) is 71.1 Å². The Labute approximate surface area is 112 Å². The predicted molar refractivity (Wildman–Crippen MR) is 74.4 cm³/mol. The van der Waals surface area contributed by atoms with Crippen LogP contribution < -0.4 is 0 Å². The molecule has 0 aromatic rings. The van der Waals surface area contributed by atoms with E-state index in [-0.39, 0.29) is 12.5 Å². The molecule has 1 saturated carbocycles. The van der Waals surface area contributed by atoms with Crippen molar-refractivity contribution in [1.82, 2.24) is 4.90 Å². The zero-order valence-electron chi connectivity index (χ0n) is 11.9. The van der Waals surface area contributed by atoms with Crippen molar-refractivity contribution in [3.05, 3.63) is 0 Å². The first kappa shape index (κ1) is 15.5. The maximum atomic E-state index is 12.0. The molecule has 106 valence electrons. The van der Waals surface area contributed by atoms with Crippen LogP contribution in [0, 0.1) is 0 Å². The van der Waals surface area contributed by atoms with Gasteiger partial charge < -0.3 is 10.0 Å². The third-order valence-electron chi connectivity index (χ3n) is 3.64. The molecule has 1 aliphatic rings. The molecular formula is C15H29NO2. The van der Waals surface area contributed by atoms with Gasteiger partial charge in [-0.2, -0.15) is 0 Å². The first-order valence-electron chi connectivity index (χ1n) is 7.70. The minimum Gasteiger partial charge on any atom is -0.395 e. The molecule has 0 aliphatic heterocycles. The molecule has 0 saturated heterocycles. The van der Waals surface area contributed by atoms with Gasteiger partial charge in [0.1, 0.15) is 0 Å². The van der Waals surface area contributed by atoms with Crippen molar-refractivity contribution in [3.63, 3.8) is 0 Å². The number of nitrogens with zero attached hydrogens (tertiary/aromatic N) is 1. The maximum Gasteiger partial charge on any atom is 0.222 e. The van der Waals surface area contributed by atoms with Gasteiger partial charge in [-0.05, 0) is 19.3 Å². The van der Waals surface area contributed by atoms with Gasteiger partial charge in [0.05, 0.1) is 6.61 Å². The van der Waals surface area contributed by atoms with E-state index in [1.54, 1.807) is 0 Å². The molecule has 0 radical (unpaired) electrons. The smallest absolute Gasteiger partial charge is 0.222 e. The van der Waals surface area contributed by atoms with Gasteiger partial charge in [0.15, 0.2) is 0 Å². The molecule has 1 N–H and O–H groups in total. The normalized spacial score (nSPS) is 14.8. The van der Waals surface area contributed by atoms with Crippen molar-refractivity contribution in [2.45, 2.75) is 77.2 Å². The van der Waals surface area contributed by atoms with E-state index in [0.29, 0.717) is 19.0 Å². The van der Waals surface area contributed by atoms with Gasteiger partial charge in [-0.25, -0.2) is 0 Å². The van der Waals surface area contributed by atoms with E-state index in [0.717, 1.165) is 19.3 Å². The number of hydrogen-bond donors (Lipinski definition) is 1. The molecule has 0 bridgehead atoms. The highest BCUT2D eigenvalue weighted by molar-refractivity contribution is 5.76. The average Bonchev–Trinajstić information content (AvgIpc) is 3.19. The molecular weight excluding hydrogens is 226 g/mol. The molecule has 0 atom stereocenters. The summed E-state index contributed by atoms with van der Waals surface area (Å²) in [4.78, 5) is 13.9. The Morgan fingerprint density at radius 3 is 2.28 bits per heavy atom. The Kier molecular flexibility index (Phi) is 8.06. The molecule has 0 heterocycles. The lowest BCUT2D eigenvalue weighted by Crippen LogP contribution is -2.35. The molecule has 18 heavy (non-hydrogen) atoms. The topological polar surface area (TPSA) is 40.5 Å². The molecule has 0 unspecified atom stereocenters. The summed E-state index contributed by atoms with van der Waals surface area (Å²) in [7, 11) is 0. The van der Waals surface area contributed by atoms with Crippen molar-refractivity contribution in [1.29, 1.82) is 0 Å². The van der Waals surface area contributed by atoms with Crippen LogP contribution in [0.5, 0.6) is 0 Å². The van der Waals surface area contributed by atoms with Crippen LogP contribution in [-0.4, -0.2) is 35.1 Å². The van der Waals surface area contributed by atoms with Crippen molar-refractivity contribution in [2.75, 3.05) is 13.2 Å². The summed E-state index contributed by atoms with van der Waals surface area (Å²) in [6.07, 6.45) is 11.6. The van der Waals surface area contributed by atoms with Crippen molar-refractivity contribution < 1.29 is 9.90 Å². The van der Waals surface area contributed by atoms with E-state index in [1.165, 1.54) is 38.5 Å². The average molecular weight is 255 g/mol. The predicted octanol–water partition coefficient (Wildman–Crippen LogP) is 3.11. The fourth-order valence-corrected chi connectivity index (χ4v) is 2.38. The number of rotatable bonds is 11. The van der Waals surface area contributed by atoms with E-state index in [9.17, 15) is 4.79 Å². The summed E-state index contributed by atoms with van der Waals surface area (Å²) in [6, 6.07) is 0.439. The Balaban J connectivity index is 2.01. The van der Waals surface area contributed by atoms with Crippen LogP contribution in [0.3, 0.4) is 0 Å². The van der Waals surface area contributed by atoms with Gasteiger partial charge >= 0.3 is 0 Å². The van der Waals surface area contributed by atoms with Gasteiger partial charge in [-0.1, -0.05) is 45.4 Å². The van der Waals surface area contributed by atoms with Crippen LogP contribution in [-0.2, 0) is 4.79 Å². The molecule has 1 aliphatic carbocycles. The highest BCUT2D eigenvalue weighted by Gasteiger charge is 2.31. The summed E-state index contributed by atoms with van der Waals surface area (Å²) in [5.74, 6) is 0.250. The van der Waals surface area contributed by atoms with Gasteiger partial charge in [0.25, 0.3) is 0 Å². The lowest BCUT2D eigenvalue weighted by molar-refractivity contribution is -0.132. The SMILES string of the molecule is CCCCCCCCCC(=O)N(CCO)C1CC1. The molecule has 0 aromatic carbocycles. The molecule has 1 amide bonds. The quantitative estimate of drug-likeness (QED) is 0.576. The molecule has 0 aromatic heterocycles. The maximum absolute atomic E-state index is 12.0. The molecule has 3 nitrogen and oxygen atoms in total. The Morgan fingerprint density at radius 1 is 1.11 bits per heavy atom. The Morgan fingerprint density at radius 2 is 1.72 bits per heavy atom. The Bertz CT molecular complexity index is 227. The van der Waals surface area contributed by atoms with Crippen LogP contribution >= 0.6 is 0 Å². The van der Waals surface area contributed by atoms with Gasteiger partial charge in [-0.3, -0.25) is 4.79 Å². The third-order valence-corrected chi connectivity index (χ3v) is 3.64. The monoisotopic (exact) mass is 255 g/mol. The van der Waals surface area contributed by atoms with Gasteiger partial charge in [0, 0.05) is 19.0 Å². The summed E-state index contributed by atoms with van der Waals surface area (Å²) in [6.45, 7) is 2.85. The third kappa shape index (κ3) is 6.39. The molecule has 1 rings (SSSR count). The second-order valence-corrected chi connectivity index (χ2v) is 5.41. The summed E-state index contributed by atoms with van der Waals surface area (Å²) < 4.78 is 0. The second-order valence-electron chi connectivity index (χ2n) is 5.41. The lowest BCUT2D eigenvalue weighted by Gasteiger charge is -2.21. The van der Waals surface area contributed by atoms with Crippen LogP contribution in [0.15, 0.2) is 0 Å². The number of amides is 1. The number of carbonyl (C=O) groups is 1. The highest BCUT2D eigenvalue weighted by atomic mass is 16.3. The number of carbonyl (C=O) groups excluding carboxylic acids is 1. The highest BCUT2D eigenvalue weighted by Crippen LogP contribution is 2.27. The standard InChI is InChI=1S/C15H29NO2/c1-2-3-4-5-6-7-8-9-15(18)16(12-13-17)14-10-11-14/h14,17H,2-13H2,1H3. The molecule has 1 fully saturated rings. The van der Waals surface area contributed by atoms with Crippen molar-refractivity contribution in [2.24, 2.45) is 0 Å². The van der Waals surface area contributed by atoms with Crippen LogP contribution in [0.2, 0.25) is 0 Å². The first-order valence-corrected chi connectivity index (χ1v) is 7.70. The van der Waals surface area contributed by atoms with E-state index >= 15 is 0 Å². The second kappa shape index (κ2) is 9.37. The molecule has 0 spiro atoms. The molecule has 3 heteroatoms. The summed E-state index contributed by atoms with van der Waals surface area (Å²) in [5, 5.41) is 8.96. The fourth-order valence-electron chi connectivity index (χ4n) is 2.38.